The van der Waals surface area contributed by atoms with Crippen LogP contribution in [0, 0.1) is 0 Å². The Balaban J connectivity index is 2.03. The summed E-state index contributed by atoms with van der Waals surface area (Å²) in [5.41, 5.74) is 1.68. The van der Waals surface area contributed by atoms with Gasteiger partial charge in [-0.2, -0.15) is 0 Å². The summed E-state index contributed by atoms with van der Waals surface area (Å²) in [6, 6.07) is 17.5. The average molecular weight is 376 g/mol. The number of Topliss-reactive ketones (excluding diaryl/α,β-unsaturated/α-hetero) is 1. The number of ether oxygens (including phenoxy) is 1. The van der Waals surface area contributed by atoms with Gasteiger partial charge in [0.1, 0.15) is 5.78 Å². The lowest BCUT2D eigenvalue weighted by atomic mass is 9.86. The summed E-state index contributed by atoms with van der Waals surface area (Å²) in [6.07, 6.45) is 4.47. The van der Waals surface area contributed by atoms with Crippen LogP contribution in [0.2, 0.25) is 0 Å². The zero-order valence-corrected chi connectivity index (χ0v) is 16.1. The van der Waals surface area contributed by atoms with E-state index >= 15 is 0 Å². The second-order valence-corrected chi connectivity index (χ2v) is 6.93. The Labute approximate surface area is 164 Å². The highest BCUT2D eigenvalue weighted by molar-refractivity contribution is 5.90. The molecule has 1 atom stereocenters. The van der Waals surface area contributed by atoms with E-state index in [9.17, 15) is 9.59 Å². The molecule has 28 heavy (non-hydrogen) atoms. The number of hydrogen-bond acceptors (Lipinski definition) is 4. The van der Waals surface area contributed by atoms with Gasteiger partial charge in [0.25, 0.3) is 0 Å². The number of carbonyl (C=O) groups is 2. The van der Waals surface area contributed by atoms with Gasteiger partial charge in [-0.1, -0.05) is 48.5 Å². The number of benzene rings is 2. The maximum atomic E-state index is 12.9. The van der Waals surface area contributed by atoms with Crippen molar-refractivity contribution in [2.24, 2.45) is 4.99 Å². The molecule has 1 N–H and O–H groups in total. The maximum absolute atomic E-state index is 12.9. The minimum atomic E-state index is -1.17. The predicted molar refractivity (Wildman–Crippen MR) is 111 cm³/mol. The Bertz CT molecular complexity index is 991. The van der Waals surface area contributed by atoms with Crippen LogP contribution in [0.4, 0.5) is 0 Å². The highest BCUT2D eigenvalue weighted by Gasteiger charge is 2.39. The number of nitrogens with zero attached hydrogens (tertiary/aromatic N) is 1. The number of methoxy groups -OCH3 is 1. The third-order valence-electron chi connectivity index (χ3n) is 4.87. The Morgan fingerprint density at radius 3 is 2.54 bits per heavy atom. The normalized spacial score (nSPS) is 13.5. The van der Waals surface area contributed by atoms with Gasteiger partial charge >= 0.3 is 5.97 Å². The smallest absolute Gasteiger partial charge is 0.334 e. The van der Waals surface area contributed by atoms with Gasteiger partial charge in [-0.3, -0.25) is 4.99 Å². The Morgan fingerprint density at radius 2 is 1.82 bits per heavy atom. The topological polar surface area (TPSA) is 71.5 Å². The van der Waals surface area contributed by atoms with E-state index in [0.717, 1.165) is 22.0 Å². The van der Waals surface area contributed by atoms with Crippen molar-refractivity contribution in [2.75, 3.05) is 7.11 Å². The number of nitrogens with one attached hydrogen (secondary N) is 1. The molecule has 1 aromatic heterocycles. The molecule has 0 saturated heterocycles. The number of fused-ring (bicyclic) bond motifs is 1. The number of hydrogen-bond donors (Lipinski definition) is 1. The summed E-state index contributed by atoms with van der Waals surface area (Å²) >= 11 is 0. The van der Waals surface area contributed by atoms with E-state index in [2.05, 4.69) is 9.98 Å². The first-order valence-electron chi connectivity index (χ1n) is 9.27. The maximum Gasteiger partial charge on any atom is 0.334 e. The zero-order valence-electron chi connectivity index (χ0n) is 16.1. The number of ketones is 1. The van der Waals surface area contributed by atoms with E-state index in [0.29, 0.717) is 6.42 Å². The van der Waals surface area contributed by atoms with E-state index in [1.54, 1.807) is 6.21 Å². The number of aromatic nitrogens is 1. The lowest BCUT2D eigenvalue weighted by Gasteiger charge is -2.27. The largest absolute Gasteiger partial charge is 0.467 e. The Kier molecular flexibility index (Phi) is 6.04. The van der Waals surface area contributed by atoms with Gasteiger partial charge in [0, 0.05) is 36.2 Å². The molecule has 0 saturated carbocycles. The van der Waals surface area contributed by atoms with Crippen LogP contribution in [0.25, 0.3) is 10.9 Å². The summed E-state index contributed by atoms with van der Waals surface area (Å²) in [4.78, 5) is 32.5. The summed E-state index contributed by atoms with van der Waals surface area (Å²) in [6.45, 7) is 1.52. The van der Waals surface area contributed by atoms with Gasteiger partial charge in [-0.15, -0.1) is 0 Å². The molecular formula is C23H24N2O3. The second kappa shape index (κ2) is 8.65. The molecular weight excluding hydrogens is 352 g/mol. The van der Waals surface area contributed by atoms with E-state index in [1.807, 2.05) is 60.8 Å². The molecule has 1 unspecified atom stereocenters. The zero-order chi connectivity index (χ0) is 20.0. The van der Waals surface area contributed by atoms with Gasteiger partial charge in [0.05, 0.1) is 7.11 Å². The van der Waals surface area contributed by atoms with Crippen molar-refractivity contribution < 1.29 is 14.3 Å². The molecule has 2 aromatic carbocycles. The first-order valence-corrected chi connectivity index (χ1v) is 9.27. The Morgan fingerprint density at radius 1 is 1.11 bits per heavy atom. The van der Waals surface area contributed by atoms with E-state index in [4.69, 9.17) is 4.74 Å². The van der Waals surface area contributed by atoms with Crippen molar-refractivity contribution >= 4 is 28.9 Å². The molecule has 5 heteroatoms. The van der Waals surface area contributed by atoms with Gasteiger partial charge in [-0.25, -0.2) is 4.79 Å². The number of aliphatic imine (C=N–C) groups is 1. The van der Waals surface area contributed by atoms with Crippen LogP contribution in [-0.2, 0) is 20.7 Å². The molecule has 144 valence electrons. The van der Waals surface area contributed by atoms with Gasteiger partial charge in [-0.05, 0) is 30.5 Å². The fourth-order valence-corrected chi connectivity index (χ4v) is 3.33. The van der Waals surface area contributed by atoms with Crippen LogP contribution < -0.4 is 0 Å². The summed E-state index contributed by atoms with van der Waals surface area (Å²) in [5, 5.41) is 1.04. The van der Waals surface area contributed by atoms with Crippen LogP contribution in [0.1, 0.15) is 30.9 Å². The monoisotopic (exact) mass is 376 g/mol. The molecule has 5 nitrogen and oxygen atoms in total. The van der Waals surface area contributed by atoms with Crippen LogP contribution in [0.15, 0.2) is 65.8 Å². The van der Waals surface area contributed by atoms with Crippen molar-refractivity contribution in [3.8, 4) is 0 Å². The number of rotatable bonds is 8. The van der Waals surface area contributed by atoms with Crippen molar-refractivity contribution in [1.29, 1.82) is 0 Å². The van der Waals surface area contributed by atoms with Crippen molar-refractivity contribution in [3.63, 3.8) is 0 Å². The fourth-order valence-electron chi connectivity index (χ4n) is 3.33. The summed E-state index contributed by atoms with van der Waals surface area (Å²) < 4.78 is 5.12. The third kappa shape index (κ3) is 4.36. The quantitative estimate of drug-likeness (QED) is 0.475. The summed E-state index contributed by atoms with van der Waals surface area (Å²) in [5.74, 6) is -0.423. The van der Waals surface area contributed by atoms with Crippen molar-refractivity contribution in [2.45, 2.75) is 31.7 Å². The molecule has 0 fully saturated rings. The number of aromatic amines is 1. The average Bonchev–Trinajstić information content (AvgIpc) is 3.13. The first-order chi connectivity index (χ1) is 13.5. The van der Waals surface area contributed by atoms with Crippen LogP contribution >= 0.6 is 0 Å². The minimum absolute atomic E-state index is 0.0158. The fraction of sp³-hybridized carbons (Fsp3) is 0.261. The van der Waals surface area contributed by atoms with Gasteiger partial charge in [0.15, 0.2) is 5.54 Å². The molecule has 0 radical (unpaired) electrons. The number of esters is 1. The molecule has 1 heterocycles. The molecule has 0 aliphatic rings. The molecule has 0 spiro atoms. The standard InChI is InChI=1S/C23H24N2O3/c1-17(26)12-13-23(22(27)28-2,25-15-18-8-4-3-5-9-18)14-19-16-24-21-11-7-6-10-20(19)21/h3-11,15-16,24H,12-14H2,1-2H3. The lowest BCUT2D eigenvalue weighted by molar-refractivity contribution is -0.147. The number of H-pyrrole nitrogens is 1. The van der Waals surface area contributed by atoms with Gasteiger partial charge in [0.2, 0.25) is 0 Å². The van der Waals surface area contributed by atoms with E-state index < -0.39 is 11.5 Å². The van der Waals surface area contributed by atoms with E-state index in [-0.39, 0.29) is 18.6 Å². The minimum Gasteiger partial charge on any atom is -0.467 e. The molecule has 3 aromatic rings. The molecule has 0 aliphatic carbocycles. The van der Waals surface area contributed by atoms with Gasteiger partial charge < -0.3 is 14.5 Å². The number of para-hydroxylation sites is 1. The SMILES string of the molecule is COC(=O)C(CCC(C)=O)(Cc1c[nH]c2ccccc12)N=Cc1ccccc1. The van der Waals surface area contributed by atoms with E-state index in [1.165, 1.54) is 14.0 Å². The van der Waals surface area contributed by atoms with Crippen LogP contribution in [0.5, 0.6) is 0 Å². The molecule has 0 aliphatic heterocycles. The summed E-state index contributed by atoms with van der Waals surface area (Å²) in [7, 11) is 1.36. The first kappa shape index (κ1) is 19.5. The van der Waals surface area contributed by atoms with Crippen molar-refractivity contribution in [1.82, 2.24) is 4.98 Å². The highest BCUT2D eigenvalue weighted by Crippen LogP contribution is 2.30. The predicted octanol–water partition coefficient (Wildman–Crippen LogP) is 4.11. The number of carbonyl (C=O) groups excluding carboxylic acids is 2. The van der Waals surface area contributed by atoms with Crippen molar-refractivity contribution in [3.05, 3.63) is 71.9 Å². The van der Waals surface area contributed by atoms with Crippen LogP contribution in [0.3, 0.4) is 0 Å². The molecule has 0 amide bonds. The molecule has 0 bridgehead atoms. The Hall–Kier alpha value is -3.21. The highest BCUT2D eigenvalue weighted by atomic mass is 16.5. The third-order valence-corrected chi connectivity index (χ3v) is 4.87. The second-order valence-electron chi connectivity index (χ2n) is 6.93. The van der Waals surface area contributed by atoms with Crippen LogP contribution in [-0.4, -0.2) is 35.6 Å². The lowest BCUT2D eigenvalue weighted by Crippen LogP contribution is -2.41. The molecule has 3 rings (SSSR count).